The van der Waals surface area contributed by atoms with Gasteiger partial charge in [-0.3, -0.25) is 4.79 Å². The largest absolute Gasteiger partial charge is 0.322 e. The van der Waals surface area contributed by atoms with E-state index in [1.165, 1.54) is 0 Å². The molecule has 116 valence electrons. The van der Waals surface area contributed by atoms with Crippen LogP contribution in [0.3, 0.4) is 0 Å². The van der Waals surface area contributed by atoms with E-state index in [4.69, 9.17) is 0 Å². The van der Waals surface area contributed by atoms with Gasteiger partial charge in [-0.15, -0.1) is 0 Å². The Bertz CT molecular complexity index is 816. The molecular weight excluding hydrogens is 354 g/mol. The van der Waals surface area contributed by atoms with Crippen molar-refractivity contribution < 1.29 is 4.79 Å². The second-order valence-corrected chi connectivity index (χ2v) is 6.28. The number of amides is 1. The van der Waals surface area contributed by atoms with Crippen molar-refractivity contribution >= 4 is 27.5 Å². The lowest BCUT2D eigenvalue weighted by Crippen LogP contribution is -2.14. The van der Waals surface area contributed by atoms with Gasteiger partial charge in [-0.1, -0.05) is 15.9 Å². The molecular formula is C18H16BrN3O. The van der Waals surface area contributed by atoms with Crippen LogP contribution in [0.25, 0.3) is 5.69 Å². The van der Waals surface area contributed by atoms with Crippen LogP contribution >= 0.6 is 15.9 Å². The van der Waals surface area contributed by atoms with Crippen molar-refractivity contribution in [3.05, 3.63) is 76.0 Å². The topological polar surface area (TPSA) is 46.9 Å². The molecule has 3 aromatic rings. The summed E-state index contributed by atoms with van der Waals surface area (Å²) in [5.41, 5.74) is 4.44. The second-order valence-electron chi connectivity index (χ2n) is 5.37. The van der Waals surface area contributed by atoms with Gasteiger partial charge < -0.3 is 5.32 Å². The van der Waals surface area contributed by atoms with Gasteiger partial charge in [-0.05, 0) is 67.4 Å². The maximum absolute atomic E-state index is 12.5. The maximum atomic E-state index is 12.5. The van der Waals surface area contributed by atoms with Gasteiger partial charge in [-0.25, -0.2) is 4.68 Å². The van der Waals surface area contributed by atoms with E-state index in [1.54, 1.807) is 23.0 Å². The number of benzene rings is 2. The predicted molar refractivity (Wildman–Crippen MR) is 95.1 cm³/mol. The monoisotopic (exact) mass is 369 g/mol. The van der Waals surface area contributed by atoms with Crippen molar-refractivity contribution in [2.75, 3.05) is 5.32 Å². The van der Waals surface area contributed by atoms with Crippen molar-refractivity contribution in [2.45, 2.75) is 13.8 Å². The average Bonchev–Trinajstić information content (AvgIpc) is 3.05. The number of aryl methyl sites for hydroxylation is 2. The Balaban J connectivity index is 1.81. The van der Waals surface area contributed by atoms with Crippen molar-refractivity contribution in [3.8, 4) is 5.69 Å². The first kappa shape index (κ1) is 15.5. The number of anilines is 1. The molecule has 0 bridgehead atoms. The number of aromatic nitrogens is 2. The Morgan fingerprint density at radius 1 is 1.13 bits per heavy atom. The fraction of sp³-hybridized carbons (Fsp3) is 0.111. The lowest BCUT2D eigenvalue weighted by Gasteiger charge is -2.12. The lowest BCUT2D eigenvalue weighted by molar-refractivity contribution is 0.102. The molecule has 2 aromatic carbocycles. The van der Waals surface area contributed by atoms with Crippen LogP contribution in [0.1, 0.15) is 21.5 Å². The van der Waals surface area contributed by atoms with E-state index in [2.05, 4.69) is 26.3 Å². The van der Waals surface area contributed by atoms with Gasteiger partial charge in [-0.2, -0.15) is 5.10 Å². The minimum absolute atomic E-state index is 0.120. The number of hydrogen-bond donors (Lipinski definition) is 1. The van der Waals surface area contributed by atoms with Crippen molar-refractivity contribution in [2.24, 2.45) is 0 Å². The zero-order chi connectivity index (χ0) is 16.4. The number of carbonyl (C=O) groups is 1. The highest BCUT2D eigenvalue weighted by Crippen LogP contribution is 2.25. The first-order valence-electron chi connectivity index (χ1n) is 7.23. The third kappa shape index (κ3) is 3.35. The Labute approximate surface area is 143 Å². The fourth-order valence-corrected chi connectivity index (χ4v) is 3.17. The number of halogens is 1. The molecule has 0 atom stereocenters. The zero-order valence-electron chi connectivity index (χ0n) is 12.9. The summed E-state index contributed by atoms with van der Waals surface area (Å²) >= 11 is 3.46. The highest BCUT2D eigenvalue weighted by molar-refractivity contribution is 9.10. The SMILES string of the molecule is Cc1cc(Br)cc(C)c1NC(=O)c1ccc(-n2cccn2)cc1. The standard InChI is InChI=1S/C18H16BrN3O/c1-12-10-15(19)11-13(2)17(12)21-18(23)14-4-6-16(7-5-14)22-9-3-8-20-22/h3-11H,1-2H3,(H,21,23). The van der Waals surface area contributed by atoms with Crippen LogP contribution in [0, 0.1) is 13.8 Å². The van der Waals surface area contributed by atoms with Crippen LogP contribution < -0.4 is 5.32 Å². The molecule has 1 heterocycles. The maximum Gasteiger partial charge on any atom is 0.255 e. The molecule has 0 spiro atoms. The smallest absolute Gasteiger partial charge is 0.255 e. The summed E-state index contributed by atoms with van der Waals surface area (Å²) in [4.78, 5) is 12.5. The van der Waals surface area contributed by atoms with Crippen molar-refractivity contribution in [1.82, 2.24) is 9.78 Å². The van der Waals surface area contributed by atoms with Gasteiger partial charge in [0, 0.05) is 28.1 Å². The summed E-state index contributed by atoms with van der Waals surface area (Å²) in [6.45, 7) is 3.96. The van der Waals surface area contributed by atoms with Crippen LogP contribution in [0.15, 0.2) is 59.3 Å². The van der Waals surface area contributed by atoms with Gasteiger partial charge in [0.05, 0.1) is 5.69 Å². The molecule has 0 saturated carbocycles. The molecule has 5 heteroatoms. The highest BCUT2D eigenvalue weighted by atomic mass is 79.9. The highest BCUT2D eigenvalue weighted by Gasteiger charge is 2.11. The Hall–Kier alpha value is -2.40. The van der Waals surface area contributed by atoms with Crippen molar-refractivity contribution in [1.29, 1.82) is 0 Å². The van der Waals surface area contributed by atoms with Crippen LogP contribution in [-0.4, -0.2) is 15.7 Å². The van der Waals surface area contributed by atoms with E-state index in [0.29, 0.717) is 5.56 Å². The van der Waals surface area contributed by atoms with Crippen LogP contribution in [0.5, 0.6) is 0 Å². The molecule has 4 nitrogen and oxygen atoms in total. The second kappa shape index (κ2) is 6.38. The summed E-state index contributed by atoms with van der Waals surface area (Å²) in [5, 5.41) is 7.17. The van der Waals surface area contributed by atoms with E-state index in [-0.39, 0.29) is 5.91 Å². The summed E-state index contributed by atoms with van der Waals surface area (Å²) in [5.74, 6) is -0.120. The number of rotatable bonds is 3. The van der Waals surface area contributed by atoms with E-state index in [9.17, 15) is 4.79 Å². The van der Waals surface area contributed by atoms with Crippen molar-refractivity contribution in [3.63, 3.8) is 0 Å². The molecule has 0 fully saturated rings. The molecule has 0 aliphatic rings. The number of carbonyl (C=O) groups excluding carboxylic acids is 1. The number of nitrogens with one attached hydrogen (secondary N) is 1. The summed E-state index contributed by atoms with van der Waals surface area (Å²) < 4.78 is 2.76. The number of nitrogens with zero attached hydrogens (tertiary/aromatic N) is 2. The quantitative estimate of drug-likeness (QED) is 0.738. The molecule has 0 aliphatic carbocycles. The van der Waals surface area contributed by atoms with Gasteiger partial charge in [0.1, 0.15) is 0 Å². The molecule has 3 rings (SSSR count). The molecule has 1 aromatic heterocycles. The lowest BCUT2D eigenvalue weighted by atomic mass is 10.1. The van der Waals surface area contributed by atoms with Gasteiger partial charge >= 0.3 is 0 Å². The Morgan fingerprint density at radius 3 is 2.35 bits per heavy atom. The van der Waals surface area contributed by atoms with Crippen LogP contribution in [-0.2, 0) is 0 Å². The minimum atomic E-state index is -0.120. The first-order valence-corrected chi connectivity index (χ1v) is 8.02. The predicted octanol–water partition coefficient (Wildman–Crippen LogP) is 4.50. The Morgan fingerprint density at radius 2 is 1.78 bits per heavy atom. The summed E-state index contributed by atoms with van der Waals surface area (Å²) in [7, 11) is 0. The molecule has 23 heavy (non-hydrogen) atoms. The van der Waals surface area contributed by atoms with Gasteiger partial charge in [0.15, 0.2) is 0 Å². The van der Waals surface area contributed by atoms with Crippen LogP contribution in [0.4, 0.5) is 5.69 Å². The summed E-state index contributed by atoms with van der Waals surface area (Å²) in [6, 6.07) is 13.2. The van der Waals surface area contributed by atoms with E-state index in [1.807, 2.05) is 50.4 Å². The molecule has 1 N–H and O–H groups in total. The molecule has 1 amide bonds. The normalized spacial score (nSPS) is 10.6. The minimum Gasteiger partial charge on any atom is -0.322 e. The zero-order valence-corrected chi connectivity index (χ0v) is 14.5. The third-order valence-corrected chi connectivity index (χ3v) is 4.09. The molecule has 0 radical (unpaired) electrons. The van der Waals surface area contributed by atoms with E-state index >= 15 is 0 Å². The Kier molecular flexibility index (Phi) is 4.30. The number of hydrogen-bond acceptors (Lipinski definition) is 2. The van der Waals surface area contributed by atoms with E-state index < -0.39 is 0 Å². The van der Waals surface area contributed by atoms with Crippen LogP contribution in [0.2, 0.25) is 0 Å². The molecule has 0 aliphatic heterocycles. The van der Waals surface area contributed by atoms with Gasteiger partial charge in [0.25, 0.3) is 5.91 Å². The average molecular weight is 370 g/mol. The van der Waals surface area contributed by atoms with Gasteiger partial charge in [0.2, 0.25) is 0 Å². The molecule has 0 unspecified atom stereocenters. The molecule has 0 saturated heterocycles. The third-order valence-electron chi connectivity index (χ3n) is 3.63. The fourth-order valence-electron chi connectivity index (χ4n) is 2.48. The summed E-state index contributed by atoms with van der Waals surface area (Å²) in [6.07, 6.45) is 3.59. The van der Waals surface area contributed by atoms with E-state index in [0.717, 1.165) is 27.0 Å². The first-order chi connectivity index (χ1) is 11.0.